The number of benzene rings is 2. The molecule has 0 fully saturated rings. The van der Waals surface area contributed by atoms with Crippen LogP contribution in [-0.4, -0.2) is 24.4 Å². The summed E-state index contributed by atoms with van der Waals surface area (Å²) in [6.45, 7) is 7.36. The van der Waals surface area contributed by atoms with E-state index in [2.05, 4.69) is 10.6 Å². The summed E-state index contributed by atoms with van der Waals surface area (Å²) in [5.41, 5.74) is 9.77. The van der Waals surface area contributed by atoms with Crippen LogP contribution in [-0.2, 0) is 4.74 Å². The lowest BCUT2D eigenvalue weighted by Crippen LogP contribution is -2.15. The van der Waals surface area contributed by atoms with E-state index in [9.17, 15) is 14.4 Å². The maximum absolute atomic E-state index is 13.1. The Labute approximate surface area is 190 Å². The van der Waals surface area contributed by atoms with Crippen molar-refractivity contribution in [3.8, 4) is 0 Å². The van der Waals surface area contributed by atoms with E-state index in [0.717, 1.165) is 22.5 Å². The lowest BCUT2D eigenvalue weighted by molar-refractivity contribution is 0.0527. The number of rotatable bonds is 6. The first-order valence-corrected chi connectivity index (χ1v) is 10.9. The SMILES string of the molecule is CCOC(=O)c1c(NC(=O)c2cccc(N)c2)sc(C(=O)Nc2cc(C)ccc2C)c1C. The Morgan fingerprint density at radius 1 is 1.00 bits per heavy atom. The number of amides is 2. The van der Waals surface area contributed by atoms with E-state index < -0.39 is 11.9 Å². The molecule has 2 aromatic carbocycles. The Morgan fingerprint density at radius 3 is 2.44 bits per heavy atom. The zero-order valence-electron chi connectivity index (χ0n) is 18.4. The molecule has 8 heteroatoms. The number of nitrogens with one attached hydrogen (secondary N) is 2. The average molecular weight is 452 g/mol. The number of carbonyl (C=O) groups excluding carboxylic acids is 3. The van der Waals surface area contributed by atoms with E-state index in [-0.39, 0.29) is 23.1 Å². The van der Waals surface area contributed by atoms with Gasteiger partial charge in [-0.1, -0.05) is 18.2 Å². The minimum atomic E-state index is -0.602. The van der Waals surface area contributed by atoms with Gasteiger partial charge in [0.1, 0.15) is 5.00 Å². The van der Waals surface area contributed by atoms with Crippen LogP contribution in [0.1, 0.15) is 54.0 Å². The number of hydrogen-bond acceptors (Lipinski definition) is 6. The van der Waals surface area contributed by atoms with Crippen molar-refractivity contribution in [2.24, 2.45) is 0 Å². The van der Waals surface area contributed by atoms with E-state index in [1.54, 1.807) is 32.0 Å². The van der Waals surface area contributed by atoms with Gasteiger partial charge in [-0.25, -0.2) is 4.79 Å². The molecule has 0 bridgehead atoms. The number of carbonyl (C=O) groups is 3. The van der Waals surface area contributed by atoms with Gasteiger partial charge in [0.25, 0.3) is 11.8 Å². The van der Waals surface area contributed by atoms with Crippen LogP contribution in [0.3, 0.4) is 0 Å². The zero-order valence-corrected chi connectivity index (χ0v) is 19.2. The van der Waals surface area contributed by atoms with Crippen molar-refractivity contribution < 1.29 is 19.1 Å². The molecule has 0 atom stereocenters. The molecule has 0 saturated carbocycles. The maximum atomic E-state index is 13.1. The van der Waals surface area contributed by atoms with Crippen LogP contribution < -0.4 is 16.4 Å². The first kappa shape index (κ1) is 23.0. The van der Waals surface area contributed by atoms with Crippen LogP contribution in [0.2, 0.25) is 0 Å². The number of thiophene rings is 1. The third-order valence-electron chi connectivity index (χ3n) is 4.85. The molecule has 0 aliphatic carbocycles. The number of anilines is 3. The number of nitrogens with two attached hydrogens (primary N) is 1. The highest BCUT2D eigenvalue weighted by molar-refractivity contribution is 7.19. The molecule has 3 aromatic rings. The van der Waals surface area contributed by atoms with Gasteiger partial charge in [0.05, 0.1) is 17.0 Å². The minimum absolute atomic E-state index is 0.167. The van der Waals surface area contributed by atoms with Gasteiger partial charge in [-0.2, -0.15) is 0 Å². The van der Waals surface area contributed by atoms with E-state index in [4.69, 9.17) is 10.5 Å². The topological polar surface area (TPSA) is 111 Å². The smallest absolute Gasteiger partial charge is 0.341 e. The van der Waals surface area contributed by atoms with Crippen molar-refractivity contribution in [1.29, 1.82) is 0 Å². The molecule has 2 amide bonds. The van der Waals surface area contributed by atoms with E-state index in [1.165, 1.54) is 6.07 Å². The summed E-state index contributed by atoms with van der Waals surface area (Å²) in [5, 5.41) is 5.89. The Bertz CT molecular complexity index is 1200. The molecule has 0 unspecified atom stereocenters. The van der Waals surface area contributed by atoms with Gasteiger partial charge < -0.3 is 21.1 Å². The number of ether oxygens (including phenoxy) is 1. The highest BCUT2D eigenvalue weighted by atomic mass is 32.1. The Morgan fingerprint density at radius 2 is 1.75 bits per heavy atom. The van der Waals surface area contributed by atoms with E-state index in [1.807, 2.05) is 32.0 Å². The van der Waals surface area contributed by atoms with Gasteiger partial charge in [-0.3, -0.25) is 9.59 Å². The third kappa shape index (κ3) is 4.97. The molecule has 3 rings (SSSR count). The van der Waals surface area contributed by atoms with Gasteiger partial charge in [0.15, 0.2) is 0 Å². The van der Waals surface area contributed by atoms with Crippen LogP contribution in [0.25, 0.3) is 0 Å². The zero-order chi connectivity index (χ0) is 23.4. The summed E-state index contributed by atoms with van der Waals surface area (Å²) in [4.78, 5) is 38.8. The molecule has 7 nitrogen and oxygen atoms in total. The summed E-state index contributed by atoms with van der Waals surface area (Å²) >= 11 is 1.03. The van der Waals surface area contributed by atoms with Crippen molar-refractivity contribution in [2.45, 2.75) is 27.7 Å². The van der Waals surface area contributed by atoms with Crippen molar-refractivity contribution >= 4 is 45.5 Å². The lowest BCUT2D eigenvalue weighted by Gasteiger charge is -2.09. The Balaban J connectivity index is 1.97. The predicted molar refractivity (Wildman–Crippen MR) is 128 cm³/mol. The molecule has 0 aliphatic heterocycles. The van der Waals surface area contributed by atoms with Crippen LogP contribution >= 0.6 is 11.3 Å². The van der Waals surface area contributed by atoms with Crippen molar-refractivity contribution in [2.75, 3.05) is 23.0 Å². The normalized spacial score (nSPS) is 10.5. The summed E-state index contributed by atoms with van der Waals surface area (Å²) in [6.07, 6.45) is 0. The number of esters is 1. The largest absolute Gasteiger partial charge is 0.462 e. The molecule has 32 heavy (non-hydrogen) atoms. The van der Waals surface area contributed by atoms with E-state index >= 15 is 0 Å². The number of aryl methyl sites for hydroxylation is 2. The first-order valence-electron chi connectivity index (χ1n) is 10.1. The Hall–Kier alpha value is -3.65. The predicted octanol–water partition coefficient (Wildman–Crippen LogP) is 4.94. The summed E-state index contributed by atoms with van der Waals surface area (Å²) in [5.74, 6) is -1.41. The van der Waals surface area contributed by atoms with Gasteiger partial charge >= 0.3 is 5.97 Å². The molecule has 0 spiro atoms. The fraction of sp³-hybridized carbons (Fsp3) is 0.208. The summed E-state index contributed by atoms with van der Waals surface area (Å²) in [6, 6.07) is 12.3. The second-order valence-corrected chi connectivity index (χ2v) is 8.35. The van der Waals surface area contributed by atoms with Crippen LogP contribution in [0, 0.1) is 20.8 Å². The van der Waals surface area contributed by atoms with Crippen molar-refractivity contribution in [3.63, 3.8) is 0 Å². The number of nitrogen functional groups attached to an aromatic ring is 1. The molecule has 1 heterocycles. The Kier molecular flexibility index (Phi) is 6.95. The minimum Gasteiger partial charge on any atom is -0.462 e. The first-order chi connectivity index (χ1) is 15.2. The molecule has 0 radical (unpaired) electrons. The molecule has 0 aliphatic rings. The second kappa shape index (κ2) is 9.65. The molecule has 0 saturated heterocycles. The third-order valence-corrected chi connectivity index (χ3v) is 6.06. The highest BCUT2D eigenvalue weighted by Crippen LogP contribution is 2.35. The molecular weight excluding hydrogens is 426 g/mol. The van der Waals surface area contributed by atoms with Gasteiger partial charge in [-0.15, -0.1) is 11.3 Å². The fourth-order valence-corrected chi connectivity index (χ4v) is 4.26. The molecular formula is C24H25N3O4S. The van der Waals surface area contributed by atoms with E-state index in [0.29, 0.717) is 27.4 Å². The van der Waals surface area contributed by atoms with Gasteiger partial charge in [0, 0.05) is 16.9 Å². The summed E-state index contributed by atoms with van der Waals surface area (Å²) < 4.78 is 5.17. The maximum Gasteiger partial charge on any atom is 0.341 e. The quantitative estimate of drug-likeness (QED) is 0.363. The standard InChI is InChI=1S/C24H25N3O4S/c1-5-31-24(30)19-15(4)20(22(29)26-18-11-13(2)9-10-14(18)3)32-23(19)27-21(28)16-7-6-8-17(25)12-16/h6-12H,5,25H2,1-4H3,(H,26,29)(H,27,28). The van der Waals surface area contributed by atoms with Gasteiger partial charge in [-0.05, 0) is 68.7 Å². The van der Waals surface area contributed by atoms with Crippen molar-refractivity contribution in [3.05, 3.63) is 75.2 Å². The van der Waals surface area contributed by atoms with Crippen molar-refractivity contribution in [1.82, 2.24) is 0 Å². The van der Waals surface area contributed by atoms with Gasteiger partial charge in [0.2, 0.25) is 0 Å². The number of hydrogen-bond donors (Lipinski definition) is 3. The average Bonchev–Trinajstić information content (AvgIpc) is 3.06. The molecule has 1 aromatic heterocycles. The lowest BCUT2D eigenvalue weighted by atomic mass is 10.1. The fourth-order valence-electron chi connectivity index (χ4n) is 3.17. The summed E-state index contributed by atoms with van der Waals surface area (Å²) in [7, 11) is 0. The second-order valence-electron chi connectivity index (χ2n) is 7.33. The van der Waals surface area contributed by atoms with Crippen LogP contribution in [0.5, 0.6) is 0 Å². The highest BCUT2D eigenvalue weighted by Gasteiger charge is 2.27. The molecule has 166 valence electrons. The molecule has 4 N–H and O–H groups in total. The van der Waals surface area contributed by atoms with Crippen LogP contribution in [0.15, 0.2) is 42.5 Å². The van der Waals surface area contributed by atoms with Crippen LogP contribution in [0.4, 0.5) is 16.4 Å². The monoisotopic (exact) mass is 451 g/mol.